The number of fused-ring (bicyclic) bond motifs is 1. The lowest BCUT2D eigenvalue weighted by Crippen LogP contribution is -2.17. The highest BCUT2D eigenvalue weighted by Crippen LogP contribution is 2.43. The van der Waals surface area contributed by atoms with Crippen LogP contribution in [0.5, 0.6) is 11.6 Å². The topological polar surface area (TPSA) is 92.2 Å². The van der Waals surface area contributed by atoms with Crippen LogP contribution in [0.2, 0.25) is 0 Å². The number of ether oxygens (including phenoxy) is 1. The van der Waals surface area contributed by atoms with Gasteiger partial charge in [0, 0.05) is 23.9 Å². The van der Waals surface area contributed by atoms with E-state index >= 15 is 0 Å². The van der Waals surface area contributed by atoms with Crippen LogP contribution in [0.4, 0.5) is 0 Å². The lowest BCUT2D eigenvalue weighted by atomic mass is 10.0. The van der Waals surface area contributed by atoms with Gasteiger partial charge in [0.1, 0.15) is 17.0 Å². The van der Waals surface area contributed by atoms with E-state index in [1.165, 1.54) is 0 Å². The summed E-state index contributed by atoms with van der Waals surface area (Å²) in [5.41, 5.74) is 5.15. The molecule has 0 aliphatic carbocycles. The molecule has 7 heteroatoms. The number of benzene rings is 3. The van der Waals surface area contributed by atoms with Crippen molar-refractivity contribution in [2.75, 3.05) is 14.2 Å². The van der Waals surface area contributed by atoms with Crippen LogP contribution in [-0.2, 0) is 0 Å². The molecule has 0 aliphatic rings. The zero-order chi connectivity index (χ0) is 22.9. The molecule has 0 atom stereocenters. The van der Waals surface area contributed by atoms with E-state index in [-0.39, 0.29) is 11.8 Å². The Bertz CT molecular complexity index is 1430. The number of carbonyl (C=O) groups excluding carboxylic acids is 1. The first kappa shape index (κ1) is 20.4. The van der Waals surface area contributed by atoms with Crippen molar-refractivity contribution >= 4 is 16.8 Å². The summed E-state index contributed by atoms with van der Waals surface area (Å²) in [6, 6.07) is 24.6. The van der Waals surface area contributed by atoms with Gasteiger partial charge in [0.2, 0.25) is 5.88 Å². The molecule has 164 valence electrons. The molecule has 0 bridgehead atoms. The van der Waals surface area contributed by atoms with E-state index in [0.29, 0.717) is 11.1 Å². The van der Waals surface area contributed by atoms with Crippen molar-refractivity contribution in [1.29, 1.82) is 0 Å². The number of aromatic nitrogens is 3. The Hall–Kier alpha value is -4.52. The molecule has 0 unspecified atom stereocenters. The monoisotopic (exact) mass is 438 g/mol. The fourth-order valence-corrected chi connectivity index (χ4v) is 4.05. The van der Waals surface area contributed by atoms with E-state index in [4.69, 9.17) is 4.74 Å². The number of aromatic hydroxyl groups is 1. The van der Waals surface area contributed by atoms with Gasteiger partial charge in [0.05, 0.1) is 18.2 Å². The van der Waals surface area contributed by atoms with E-state index in [1.807, 2.05) is 66.7 Å². The predicted molar refractivity (Wildman–Crippen MR) is 128 cm³/mol. The molecule has 0 saturated heterocycles. The van der Waals surface area contributed by atoms with Gasteiger partial charge < -0.3 is 15.2 Å². The summed E-state index contributed by atoms with van der Waals surface area (Å²) in [7, 11) is 3.22. The molecule has 3 N–H and O–H groups in total. The molecule has 2 heterocycles. The molecule has 2 aromatic heterocycles. The lowest BCUT2D eigenvalue weighted by Gasteiger charge is -2.12. The van der Waals surface area contributed by atoms with Crippen molar-refractivity contribution in [3.63, 3.8) is 0 Å². The first-order chi connectivity index (χ1) is 16.1. The van der Waals surface area contributed by atoms with Gasteiger partial charge in [-0.15, -0.1) is 0 Å². The van der Waals surface area contributed by atoms with Crippen LogP contribution in [0, 0.1) is 0 Å². The second kappa shape index (κ2) is 8.20. The number of aromatic amines is 1. The van der Waals surface area contributed by atoms with Crippen LogP contribution in [0.25, 0.3) is 39.1 Å². The Balaban J connectivity index is 1.77. The number of methoxy groups -OCH3 is 1. The highest BCUT2D eigenvalue weighted by Gasteiger charge is 2.25. The highest BCUT2D eigenvalue weighted by molar-refractivity contribution is 6.07. The number of rotatable bonds is 5. The molecule has 0 spiro atoms. The summed E-state index contributed by atoms with van der Waals surface area (Å²) in [6.07, 6.45) is 0. The number of hydrogen-bond acceptors (Lipinski definition) is 4. The number of nitrogens with one attached hydrogen (secondary N) is 2. The maximum absolute atomic E-state index is 12.0. The lowest BCUT2D eigenvalue weighted by molar-refractivity contribution is 0.0963. The van der Waals surface area contributed by atoms with E-state index in [1.54, 1.807) is 30.9 Å². The molecule has 3 aromatic carbocycles. The van der Waals surface area contributed by atoms with Crippen LogP contribution in [0.1, 0.15) is 10.4 Å². The van der Waals surface area contributed by atoms with E-state index < -0.39 is 0 Å². The second-order valence-corrected chi connectivity index (χ2v) is 7.55. The van der Waals surface area contributed by atoms with Gasteiger partial charge in [-0.3, -0.25) is 14.5 Å². The van der Waals surface area contributed by atoms with Crippen molar-refractivity contribution in [1.82, 2.24) is 20.1 Å². The summed E-state index contributed by atoms with van der Waals surface area (Å²) in [6.45, 7) is 0. The molecule has 0 aliphatic heterocycles. The number of H-pyrrole nitrogens is 1. The van der Waals surface area contributed by atoms with Gasteiger partial charge in [0.15, 0.2) is 0 Å². The third-order valence-electron chi connectivity index (χ3n) is 5.69. The molecule has 0 fully saturated rings. The van der Waals surface area contributed by atoms with Gasteiger partial charge in [-0.05, 0) is 54.1 Å². The molecule has 5 aromatic rings. The van der Waals surface area contributed by atoms with Crippen molar-refractivity contribution < 1.29 is 14.6 Å². The average molecular weight is 438 g/mol. The average Bonchev–Trinajstić information content (AvgIpc) is 3.43. The Morgan fingerprint density at radius 1 is 0.970 bits per heavy atom. The maximum atomic E-state index is 12.0. The minimum Gasteiger partial charge on any atom is -0.497 e. The van der Waals surface area contributed by atoms with Crippen LogP contribution in [0.3, 0.4) is 0 Å². The Kier molecular flexibility index (Phi) is 5.06. The first-order valence-electron chi connectivity index (χ1n) is 10.5. The summed E-state index contributed by atoms with van der Waals surface area (Å²) < 4.78 is 7.06. The van der Waals surface area contributed by atoms with Crippen molar-refractivity contribution in [2.45, 2.75) is 0 Å². The third-order valence-corrected chi connectivity index (χ3v) is 5.69. The van der Waals surface area contributed by atoms with Gasteiger partial charge in [0.25, 0.3) is 5.91 Å². The number of hydrogen-bond donors (Lipinski definition) is 3. The molecule has 33 heavy (non-hydrogen) atoms. The Morgan fingerprint density at radius 3 is 2.30 bits per heavy atom. The fraction of sp³-hybridized carbons (Fsp3) is 0.0769. The molecule has 5 rings (SSSR count). The molecular weight excluding hydrogens is 416 g/mol. The van der Waals surface area contributed by atoms with E-state index in [0.717, 1.165) is 39.3 Å². The van der Waals surface area contributed by atoms with Crippen molar-refractivity contribution in [3.8, 4) is 39.8 Å². The fourth-order valence-electron chi connectivity index (χ4n) is 4.05. The molecule has 0 saturated carbocycles. The first-order valence-corrected chi connectivity index (χ1v) is 10.5. The van der Waals surface area contributed by atoms with Crippen LogP contribution < -0.4 is 10.1 Å². The van der Waals surface area contributed by atoms with Crippen LogP contribution >= 0.6 is 0 Å². The van der Waals surface area contributed by atoms with Crippen LogP contribution in [0.15, 0.2) is 78.9 Å². The van der Waals surface area contributed by atoms with Gasteiger partial charge in [-0.1, -0.05) is 30.3 Å². The quantitative estimate of drug-likeness (QED) is 0.369. The standard InChI is InChI=1S/C26H22N4O3/c1-27-25(31)18-8-12-19(13-9-18)30-24(17-6-4-3-5-7-17)21-22(28-29-23(21)26(30)32)16-10-14-20(33-2)15-11-16/h3-15,29,32H,1-2H3,(H,27,31). The summed E-state index contributed by atoms with van der Waals surface area (Å²) in [5, 5.41) is 22.2. The molecule has 1 amide bonds. The molecule has 0 radical (unpaired) electrons. The summed E-state index contributed by atoms with van der Waals surface area (Å²) >= 11 is 0. The Morgan fingerprint density at radius 2 is 1.67 bits per heavy atom. The molecule has 7 nitrogen and oxygen atoms in total. The number of carbonyl (C=O) groups is 1. The number of amides is 1. The number of nitrogens with zero attached hydrogens (tertiary/aromatic N) is 2. The van der Waals surface area contributed by atoms with E-state index in [2.05, 4.69) is 15.5 Å². The van der Waals surface area contributed by atoms with Crippen molar-refractivity contribution in [2.24, 2.45) is 0 Å². The molecular formula is C26H22N4O3. The van der Waals surface area contributed by atoms with Gasteiger partial charge >= 0.3 is 0 Å². The summed E-state index contributed by atoms with van der Waals surface area (Å²) in [5.74, 6) is 0.633. The minimum absolute atomic E-state index is 0.0452. The third kappa shape index (κ3) is 3.40. The highest BCUT2D eigenvalue weighted by atomic mass is 16.5. The maximum Gasteiger partial charge on any atom is 0.251 e. The smallest absolute Gasteiger partial charge is 0.251 e. The van der Waals surface area contributed by atoms with E-state index in [9.17, 15) is 9.90 Å². The zero-order valence-corrected chi connectivity index (χ0v) is 18.2. The summed E-state index contributed by atoms with van der Waals surface area (Å²) in [4.78, 5) is 12.0. The van der Waals surface area contributed by atoms with Gasteiger partial charge in [-0.25, -0.2) is 0 Å². The normalized spacial score (nSPS) is 11.0. The zero-order valence-electron chi connectivity index (χ0n) is 18.2. The van der Waals surface area contributed by atoms with Crippen LogP contribution in [-0.4, -0.2) is 39.9 Å². The largest absolute Gasteiger partial charge is 0.497 e. The second-order valence-electron chi connectivity index (χ2n) is 7.55. The van der Waals surface area contributed by atoms with Crippen molar-refractivity contribution in [3.05, 3.63) is 84.4 Å². The Labute approximate surface area is 190 Å². The SMILES string of the molecule is CNC(=O)c1ccc(-n2c(O)c3[nH]nc(-c4ccc(OC)cc4)c3c2-c2ccccc2)cc1. The predicted octanol–water partition coefficient (Wildman–Crippen LogP) is 4.76. The minimum atomic E-state index is -0.167. The van der Waals surface area contributed by atoms with Gasteiger partial charge in [-0.2, -0.15) is 5.10 Å².